The maximum absolute atomic E-state index is 11.9. The Hall–Kier alpha value is -1.26. The lowest BCUT2D eigenvalue weighted by molar-refractivity contribution is 0.583. The molecular formula is C12H15N3O2S2. The minimum absolute atomic E-state index is 0.422. The summed E-state index contributed by atoms with van der Waals surface area (Å²) in [7, 11) is -3.21. The second kappa shape index (κ2) is 5.39. The fourth-order valence-corrected chi connectivity index (χ4v) is 4.85. The van der Waals surface area contributed by atoms with Gasteiger partial charge in [0.2, 0.25) is 0 Å². The van der Waals surface area contributed by atoms with E-state index in [1.54, 1.807) is 28.8 Å². The van der Waals surface area contributed by atoms with Crippen LogP contribution in [0.1, 0.15) is 11.3 Å². The van der Waals surface area contributed by atoms with Gasteiger partial charge >= 0.3 is 0 Å². The maximum Gasteiger partial charge on any atom is 0.169 e. The highest BCUT2D eigenvalue weighted by Gasteiger charge is 2.33. The zero-order chi connectivity index (χ0) is 14.0. The van der Waals surface area contributed by atoms with E-state index < -0.39 is 15.2 Å². The molecule has 0 N–H and O–H groups in total. The summed E-state index contributed by atoms with van der Waals surface area (Å²) in [6, 6.07) is 5.54. The van der Waals surface area contributed by atoms with E-state index in [-0.39, 0.29) is 0 Å². The van der Waals surface area contributed by atoms with Crippen LogP contribution < -0.4 is 4.90 Å². The van der Waals surface area contributed by atoms with Crippen molar-refractivity contribution in [2.24, 2.45) is 0 Å². The van der Waals surface area contributed by atoms with Gasteiger partial charge in [0, 0.05) is 30.0 Å². The van der Waals surface area contributed by atoms with Crippen LogP contribution in [0.3, 0.4) is 0 Å². The number of pyridine rings is 1. The molecule has 1 unspecified atom stereocenters. The second-order valence-corrected chi connectivity index (χ2v) is 7.84. The van der Waals surface area contributed by atoms with Crippen molar-refractivity contribution in [1.82, 2.24) is 4.98 Å². The largest absolute Gasteiger partial charge is 0.337 e. The molecule has 0 bridgehead atoms. The molecule has 1 aromatic rings. The number of sulfone groups is 1. The molecule has 1 aliphatic heterocycles. The molecule has 1 aromatic heterocycles. The van der Waals surface area contributed by atoms with Gasteiger partial charge in [-0.2, -0.15) is 17.0 Å². The first-order valence-corrected chi connectivity index (χ1v) is 8.95. The van der Waals surface area contributed by atoms with Crippen LogP contribution >= 0.6 is 11.8 Å². The predicted octanol–water partition coefficient (Wildman–Crippen LogP) is 1.19. The average Bonchev–Trinajstić information content (AvgIpc) is 2.37. The highest BCUT2D eigenvalue weighted by Crippen LogP contribution is 2.27. The third-order valence-corrected chi connectivity index (χ3v) is 5.63. The number of anilines is 1. The molecule has 0 spiro atoms. The minimum atomic E-state index is -3.21. The summed E-state index contributed by atoms with van der Waals surface area (Å²) in [5.74, 6) is 1.84. The number of aromatic nitrogens is 1. The van der Waals surface area contributed by atoms with E-state index in [4.69, 9.17) is 5.26 Å². The van der Waals surface area contributed by atoms with Gasteiger partial charge in [-0.3, -0.25) is 0 Å². The Morgan fingerprint density at radius 3 is 2.89 bits per heavy atom. The molecule has 0 amide bonds. The smallest absolute Gasteiger partial charge is 0.169 e. The topological polar surface area (TPSA) is 74.1 Å². The number of nitriles is 1. The van der Waals surface area contributed by atoms with Crippen molar-refractivity contribution in [3.63, 3.8) is 0 Å². The van der Waals surface area contributed by atoms with Crippen LogP contribution in [0.15, 0.2) is 12.1 Å². The van der Waals surface area contributed by atoms with Gasteiger partial charge in [-0.25, -0.2) is 13.4 Å². The van der Waals surface area contributed by atoms with Gasteiger partial charge in [0.15, 0.2) is 9.84 Å². The molecule has 2 rings (SSSR count). The molecule has 19 heavy (non-hydrogen) atoms. The van der Waals surface area contributed by atoms with Gasteiger partial charge in [-0.15, -0.1) is 0 Å². The van der Waals surface area contributed by atoms with Crippen LogP contribution in [0.5, 0.6) is 0 Å². The van der Waals surface area contributed by atoms with E-state index in [2.05, 4.69) is 11.1 Å². The van der Waals surface area contributed by atoms with Gasteiger partial charge in [-0.05, 0) is 19.1 Å². The fourth-order valence-electron chi connectivity index (χ4n) is 2.03. The normalized spacial score (nSPS) is 20.1. The summed E-state index contributed by atoms with van der Waals surface area (Å²) in [5.41, 5.74) is 1.20. The number of nitrogens with zero attached hydrogens (tertiary/aromatic N) is 3. The van der Waals surface area contributed by atoms with Crippen molar-refractivity contribution < 1.29 is 8.42 Å². The number of aryl methyl sites for hydroxylation is 1. The van der Waals surface area contributed by atoms with Crippen LogP contribution in [0.25, 0.3) is 0 Å². The Morgan fingerprint density at radius 2 is 2.26 bits per heavy atom. The first kappa shape index (κ1) is 14.2. The number of hydrogen-bond donors (Lipinski definition) is 0. The van der Waals surface area contributed by atoms with Crippen LogP contribution in [-0.2, 0) is 9.84 Å². The summed E-state index contributed by atoms with van der Waals surface area (Å²) < 4.78 is 23.8. The van der Waals surface area contributed by atoms with Crippen molar-refractivity contribution in [2.45, 2.75) is 12.3 Å². The zero-order valence-corrected chi connectivity index (χ0v) is 12.5. The Bertz CT molecular complexity index is 622. The Balaban J connectivity index is 2.49. The molecule has 1 atom stereocenters. The first-order valence-electron chi connectivity index (χ1n) is 5.84. The monoisotopic (exact) mass is 297 g/mol. The first-order chi connectivity index (χ1) is 8.93. The average molecular weight is 297 g/mol. The quantitative estimate of drug-likeness (QED) is 0.816. The molecule has 5 nitrogen and oxygen atoms in total. The molecule has 0 radical (unpaired) electrons. The fraction of sp³-hybridized carbons (Fsp3) is 0.500. The van der Waals surface area contributed by atoms with Crippen molar-refractivity contribution in [1.29, 1.82) is 5.26 Å². The lowest BCUT2D eigenvalue weighted by Gasteiger charge is -2.35. The van der Waals surface area contributed by atoms with Crippen molar-refractivity contribution in [3.8, 4) is 6.07 Å². The second-order valence-electron chi connectivity index (χ2n) is 4.49. The molecule has 0 saturated carbocycles. The molecule has 1 saturated heterocycles. The van der Waals surface area contributed by atoms with Gasteiger partial charge in [0.1, 0.15) is 17.3 Å². The van der Waals surface area contributed by atoms with Crippen LogP contribution in [0.2, 0.25) is 0 Å². The van der Waals surface area contributed by atoms with Crippen molar-refractivity contribution >= 4 is 27.4 Å². The molecule has 0 aliphatic carbocycles. The van der Waals surface area contributed by atoms with E-state index in [0.717, 1.165) is 11.4 Å². The lowest BCUT2D eigenvalue weighted by atomic mass is 10.2. The molecular weight excluding hydrogens is 282 g/mol. The molecule has 1 fully saturated rings. The molecule has 102 valence electrons. The number of hydrogen-bond acceptors (Lipinski definition) is 6. The van der Waals surface area contributed by atoms with Crippen LogP contribution in [-0.4, -0.2) is 43.1 Å². The Morgan fingerprint density at radius 1 is 1.53 bits per heavy atom. The van der Waals surface area contributed by atoms with E-state index in [0.29, 0.717) is 23.7 Å². The van der Waals surface area contributed by atoms with Crippen LogP contribution in [0.4, 0.5) is 5.82 Å². The highest BCUT2D eigenvalue weighted by atomic mass is 32.2. The summed E-state index contributed by atoms with van der Waals surface area (Å²) in [5, 5.41) is 8.55. The van der Waals surface area contributed by atoms with Crippen molar-refractivity contribution in [3.05, 3.63) is 23.4 Å². The molecule has 0 aromatic carbocycles. The summed E-state index contributed by atoms with van der Waals surface area (Å²) in [4.78, 5) is 6.11. The van der Waals surface area contributed by atoms with E-state index in [1.807, 2.05) is 6.92 Å². The minimum Gasteiger partial charge on any atom is -0.337 e. The molecule has 7 heteroatoms. The SMILES string of the molecule is Cc1ccc(C#N)c(N2CCSCC2S(C)(=O)=O)n1. The molecule has 1 aliphatic rings. The number of rotatable bonds is 2. The van der Waals surface area contributed by atoms with E-state index in [9.17, 15) is 8.42 Å². The zero-order valence-electron chi connectivity index (χ0n) is 10.8. The number of thioether (sulfide) groups is 1. The Kier molecular flexibility index (Phi) is 4.02. The van der Waals surface area contributed by atoms with Crippen molar-refractivity contribution in [2.75, 3.05) is 29.2 Å². The van der Waals surface area contributed by atoms with Gasteiger partial charge in [0.25, 0.3) is 0 Å². The third-order valence-electron chi connectivity index (χ3n) is 2.99. The summed E-state index contributed by atoms with van der Waals surface area (Å²) >= 11 is 1.61. The summed E-state index contributed by atoms with van der Waals surface area (Å²) in [6.07, 6.45) is 1.23. The third kappa shape index (κ3) is 3.01. The predicted molar refractivity (Wildman–Crippen MR) is 77.0 cm³/mol. The highest BCUT2D eigenvalue weighted by molar-refractivity contribution is 8.01. The standard InChI is InChI=1S/C12H15N3O2S2/c1-9-3-4-10(7-13)12(14-9)15-5-6-18-8-11(15)19(2,16)17/h3-4,11H,5-6,8H2,1-2H3. The van der Waals surface area contributed by atoms with Gasteiger partial charge < -0.3 is 4.90 Å². The molecule has 2 heterocycles. The lowest BCUT2D eigenvalue weighted by Crippen LogP contribution is -2.47. The van der Waals surface area contributed by atoms with E-state index >= 15 is 0 Å². The van der Waals surface area contributed by atoms with E-state index in [1.165, 1.54) is 6.26 Å². The van der Waals surface area contributed by atoms with Gasteiger partial charge in [0.05, 0.1) is 5.56 Å². The summed E-state index contributed by atoms with van der Waals surface area (Å²) in [6.45, 7) is 2.42. The Labute approximate surface area is 117 Å². The van der Waals surface area contributed by atoms with Gasteiger partial charge in [-0.1, -0.05) is 0 Å². The maximum atomic E-state index is 11.9. The van der Waals surface area contributed by atoms with Crippen LogP contribution in [0, 0.1) is 18.3 Å².